The predicted octanol–water partition coefficient (Wildman–Crippen LogP) is 3.12. The molecule has 4 amide bonds. The van der Waals surface area contributed by atoms with E-state index in [4.69, 9.17) is 21.8 Å². The zero-order valence-corrected chi connectivity index (χ0v) is 20.6. The molecule has 2 aliphatic rings. The van der Waals surface area contributed by atoms with Gasteiger partial charge in [0.1, 0.15) is 16.9 Å². The number of carbonyl (C=O) groups is 4. The molecule has 2 saturated heterocycles. The van der Waals surface area contributed by atoms with Crippen molar-refractivity contribution >= 4 is 52.1 Å². The zero-order valence-electron chi connectivity index (χ0n) is 19.9. The SMILES string of the molecule is Cc1ccc(N2C(=O)C3C(c4cc5ccccc5o4)NC(CCCNC(N)=O)(C(=O)O)C3C2=O)cc1Cl. The summed E-state index contributed by atoms with van der Waals surface area (Å²) in [6.07, 6.45) is 0.165. The van der Waals surface area contributed by atoms with E-state index in [1.54, 1.807) is 37.3 Å². The Bertz CT molecular complexity index is 1400. The van der Waals surface area contributed by atoms with Crippen LogP contribution in [0.4, 0.5) is 10.5 Å². The van der Waals surface area contributed by atoms with E-state index in [1.165, 1.54) is 6.07 Å². The Hall–Kier alpha value is -3.89. The quantitative estimate of drug-likeness (QED) is 0.273. The Morgan fingerprint density at radius 1 is 1.19 bits per heavy atom. The molecule has 3 aromatic rings. The van der Waals surface area contributed by atoms with Gasteiger partial charge in [-0.2, -0.15) is 0 Å². The van der Waals surface area contributed by atoms with Crippen LogP contribution in [0.15, 0.2) is 52.9 Å². The number of halogens is 1. The average Bonchev–Trinajstić information content (AvgIpc) is 3.50. The highest BCUT2D eigenvalue weighted by Gasteiger charge is 2.69. The van der Waals surface area contributed by atoms with E-state index in [-0.39, 0.29) is 25.1 Å². The van der Waals surface area contributed by atoms with Crippen molar-refractivity contribution in [3.8, 4) is 0 Å². The monoisotopic (exact) mass is 524 g/mol. The lowest BCUT2D eigenvalue weighted by atomic mass is 9.77. The minimum atomic E-state index is -1.79. The van der Waals surface area contributed by atoms with Crippen LogP contribution in [0, 0.1) is 18.8 Å². The lowest BCUT2D eigenvalue weighted by Crippen LogP contribution is -2.56. The van der Waals surface area contributed by atoms with Gasteiger partial charge in [-0.25, -0.2) is 9.69 Å². The summed E-state index contributed by atoms with van der Waals surface area (Å²) in [6.45, 7) is 1.91. The van der Waals surface area contributed by atoms with Crippen molar-refractivity contribution in [3.63, 3.8) is 0 Å². The highest BCUT2D eigenvalue weighted by molar-refractivity contribution is 6.32. The lowest BCUT2D eigenvalue weighted by molar-refractivity contribution is -0.149. The number of amides is 4. The Balaban J connectivity index is 1.60. The summed E-state index contributed by atoms with van der Waals surface area (Å²) in [6, 6.07) is 12.2. The Morgan fingerprint density at radius 2 is 1.95 bits per heavy atom. The molecule has 4 unspecified atom stereocenters. The molecule has 11 heteroatoms. The second kappa shape index (κ2) is 9.20. The first kappa shape index (κ1) is 24.8. The number of aryl methyl sites for hydroxylation is 1. The number of para-hydroxylation sites is 1. The average molecular weight is 525 g/mol. The van der Waals surface area contributed by atoms with Crippen LogP contribution >= 0.6 is 11.6 Å². The maximum Gasteiger partial charge on any atom is 0.324 e. The van der Waals surface area contributed by atoms with Gasteiger partial charge in [0, 0.05) is 17.0 Å². The van der Waals surface area contributed by atoms with Crippen LogP contribution in [0.5, 0.6) is 0 Å². The van der Waals surface area contributed by atoms with Crippen molar-refractivity contribution in [3.05, 3.63) is 64.9 Å². The van der Waals surface area contributed by atoms with Gasteiger partial charge in [0.25, 0.3) is 0 Å². The number of fused-ring (bicyclic) bond motifs is 2. The van der Waals surface area contributed by atoms with Crippen molar-refractivity contribution in [2.24, 2.45) is 17.6 Å². The Kier molecular flexibility index (Phi) is 6.17. The van der Waals surface area contributed by atoms with Gasteiger partial charge in [0.05, 0.1) is 23.6 Å². The number of urea groups is 1. The maximum absolute atomic E-state index is 13.8. The summed E-state index contributed by atoms with van der Waals surface area (Å²) < 4.78 is 6.02. The fourth-order valence-electron chi connectivity index (χ4n) is 5.49. The summed E-state index contributed by atoms with van der Waals surface area (Å²) in [5.74, 6) is -4.33. The summed E-state index contributed by atoms with van der Waals surface area (Å²) in [4.78, 5) is 52.6. The second-order valence-corrected chi connectivity index (χ2v) is 9.84. The van der Waals surface area contributed by atoms with Crippen molar-refractivity contribution in [1.29, 1.82) is 0 Å². The highest BCUT2D eigenvalue weighted by Crippen LogP contribution is 2.52. The number of hydrogen-bond acceptors (Lipinski definition) is 6. The highest BCUT2D eigenvalue weighted by atomic mass is 35.5. The third-order valence-corrected chi connectivity index (χ3v) is 7.65. The van der Waals surface area contributed by atoms with Crippen LogP contribution in [0.1, 0.15) is 30.2 Å². The number of benzene rings is 2. The van der Waals surface area contributed by atoms with Gasteiger partial charge in [0.15, 0.2) is 0 Å². The summed E-state index contributed by atoms with van der Waals surface area (Å²) in [7, 11) is 0. The molecule has 5 rings (SSSR count). The van der Waals surface area contributed by atoms with Gasteiger partial charge in [0.2, 0.25) is 11.8 Å². The fraction of sp³-hybridized carbons (Fsp3) is 0.308. The van der Waals surface area contributed by atoms with Crippen LogP contribution in [0.2, 0.25) is 5.02 Å². The van der Waals surface area contributed by atoms with Crippen molar-refractivity contribution in [2.75, 3.05) is 11.4 Å². The summed E-state index contributed by atoms with van der Waals surface area (Å²) in [5, 5.41) is 17.1. The van der Waals surface area contributed by atoms with Gasteiger partial charge < -0.3 is 20.6 Å². The molecule has 0 aliphatic carbocycles. The number of nitrogens with zero attached hydrogens (tertiary/aromatic N) is 1. The number of anilines is 1. The number of primary amides is 1. The number of carboxylic acids is 1. The first-order valence-corrected chi connectivity index (χ1v) is 12.2. The zero-order chi connectivity index (χ0) is 26.5. The summed E-state index contributed by atoms with van der Waals surface area (Å²) >= 11 is 6.28. The van der Waals surface area contributed by atoms with E-state index in [2.05, 4.69) is 10.6 Å². The topological polar surface area (TPSA) is 155 Å². The molecule has 5 N–H and O–H groups in total. The lowest BCUT2D eigenvalue weighted by Gasteiger charge is -2.31. The van der Waals surface area contributed by atoms with E-state index < -0.39 is 47.2 Å². The molecule has 1 aromatic heterocycles. The minimum absolute atomic E-state index is 0.0397. The number of aliphatic carboxylic acids is 1. The number of carbonyl (C=O) groups excluding carboxylic acids is 3. The van der Waals surface area contributed by atoms with Crippen LogP contribution in [-0.2, 0) is 14.4 Å². The first-order valence-electron chi connectivity index (χ1n) is 11.8. The maximum atomic E-state index is 13.8. The fourth-order valence-corrected chi connectivity index (χ4v) is 5.66. The molecule has 192 valence electrons. The Labute approximate surface area is 216 Å². The minimum Gasteiger partial charge on any atom is -0.480 e. The van der Waals surface area contributed by atoms with Crippen LogP contribution in [0.25, 0.3) is 11.0 Å². The normalized spacial score (nSPS) is 25.0. The van der Waals surface area contributed by atoms with E-state index in [9.17, 15) is 24.3 Å². The Morgan fingerprint density at radius 3 is 2.62 bits per heavy atom. The van der Waals surface area contributed by atoms with Gasteiger partial charge in [-0.05, 0) is 49.6 Å². The van der Waals surface area contributed by atoms with E-state index in [0.717, 1.165) is 15.8 Å². The van der Waals surface area contributed by atoms with Crippen molar-refractivity contribution < 1.29 is 28.7 Å². The van der Waals surface area contributed by atoms with E-state index in [0.29, 0.717) is 16.4 Å². The summed E-state index contributed by atoms with van der Waals surface area (Å²) in [5.41, 5.74) is 4.97. The van der Waals surface area contributed by atoms with Gasteiger partial charge >= 0.3 is 12.0 Å². The molecule has 2 aromatic carbocycles. The number of nitrogens with two attached hydrogens (primary N) is 1. The van der Waals surface area contributed by atoms with Crippen LogP contribution < -0.4 is 21.3 Å². The number of rotatable bonds is 7. The smallest absolute Gasteiger partial charge is 0.324 e. The van der Waals surface area contributed by atoms with Crippen LogP contribution in [0.3, 0.4) is 0 Å². The number of hydrogen-bond donors (Lipinski definition) is 4. The largest absolute Gasteiger partial charge is 0.480 e. The third kappa shape index (κ3) is 4.02. The molecule has 0 saturated carbocycles. The van der Waals surface area contributed by atoms with Crippen LogP contribution in [-0.4, -0.2) is 41.0 Å². The molecule has 0 bridgehead atoms. The van der Waals surface area contributed by atoms with Gasteiger partial charge in [-0.15, -0.1) is 0 Å². The standard InChI is InChI=1S/C26H25ClN4O6/c1-13-7-8-15(12-16(13)27)31-22(32)19-20(23(31)33)26(24(34)35,9-4-10-29-25(28)36)30-21(19)18-11-14-5-2-3-6-17(14)37-18/h2-3,5-8,11-12,19-21,30H,4,9-10H2,1H3,(H,34,35)(H3,28,29,36). The molecule has 0 spiro atoms. The third-order valence-electron chi connectivity index (χ3n) is 7.25. The van der Waals surface area contributed by atoms with Gasteiger partial charge in [-0.1, -0.05) is 35.9 Å². The molecular weight excluding hydrogens is 500 g/mol. The molecule has 0 radical (unpaired) electrons. The molecule has 2 fully saturated rings. The van der Waals surface area contributed by atoms with E-state index >= 15 is 0 Å². The molecular formula is C26H25ClN4O6. The molecule has 37 heavy (non-hydrogen) atoms. The number of imide groups is 1. The number of carboxylic acid groups (broad SMARTS) is 1. The molecule has 2 aliphatic heterocycles. The van der Waals surface area contributed by atoms with E-state index in [1.807, 2.05) is 12.1 Å². The second-order valence-electron chi connectivity index (χ2n) is 9.43. The molecule has 10 nitrogen and oxygen atoms in total. The van der Waals surface area contributed by atoms with Crippen molar-refractivity contribution in [2.45, 2.75) is 31.3 Å². The number of furan rings is 1. The molecule has 3 heterocycles. The predicted molar refractivity (Wildman–Crippen MR) is 135 cm³/mol. The van der Waals surface area contributed by atoms with Crippen molar-refractivity contribution in [1.82, 2.24) is 10.6 Å². The first-order chi connectivity index (χ1) is 17.6. The van der Waals surface area contributed by atoms with Gasteiger partial charge in [-0.3, -0.25) is 19.7 Å². The number of nitrogens with one attached hydrogen (secondary N) is 2. The molecule has 4 atom stereocenters.